The molecule has 12 heteroatoms. The van der Waals surface area contributed by atoms with Crippen LogP contribution in [0.5, 0.6) is 5.75 Å². The van der Waals surface area contributed by atoms with E-state index >= 15 is 0 Å². The van der Waals surface area contributed by atoms with Crippen molar-refractivity contribution in [3.05, 3.63) is 85.6 Å². The van der Waals surface area contributed by atoms with Crippen LogP contribution in [0.3, 0.4) is 0 Å². The van der Waals surface area contributed by atoms with E-state index in [1.54, 1.807) is 12.1 Å². The normalized spacial score (nSPS) is 15.2. The molecule has 1 aromatic heterocycles. The molecule has 36 heavy (non-hydrogen) atoms. The molecule has 1 aliphatic heterocycles. The van der Waals surface area contributed by atoms with Crippen LogP contribution >= 0.6 is 22.9 Å². The minimum absolute atomic E-state index is 0.0237. The van der Waals surface area contributed by atoms with Crippen LogP contribution in [-0.4, -0.2) is 39.6 Å². The van der Waals surface area contributed by atoms with Gasteiger partial charge >= 0.3 is 5.97 Å². The first kappa shape index (κ1) is 25.0. The van der Waals surface area contributed by atoms with Crippen molar-refractivity contribution in [2.24, 2.45) is 0 Å². The van der Waals surface area contributed by atoms with Crippen LogP contribution in [0.1, 0.15) is 28.6 Å². The summed E-state index contributed by atoms with van der Waals surface area (Å²) in [7, 11) is 0. The van der Waals surface area contributed by atoms with Crippen LogP contribution in [0.4, 0.5) is 11.4 Å². The Morgan fingerprint density at radius 2 is 1.92 bits per heavy atom. The fourth-order valence-corrected chi connectivity index (χ4v) is 4.69. The summed E-state index contributed by atoms with van der Waals surface area (Å²) in [4.78, 5) is 64.6. The van der Waals surface area contributed by atoms with E-state index in [9.17, 15) is 29.3 Å². The third-order valence-corrected chi connectivity index (χ3v) is 6.59. The van der Waals surface area contributed by atoms with Crippen molar-refractivity contribution in [1.29, 1.82) is 0 Å². The smallest absolute Gasteiger partial charge is 0.308 e. The van der Waals surface area contributed by atoms with Crippen molar-refractivity contribution in [2.75, 3.05) is 4.90 Å². The molecule has 1 aliphatic rings. The quantitative estimate of drug-likeness (QED) is 0.148. The predicted octanol–water partition coefficient (Wildman–Crippen LogP) is 4.21. The Bertz CT molecular complexity index is 1360. The number of ether oxygens (including phenoxy) is 1. The van der Waals surface area contributed by atoms with Crippen LogP contribution in [0.2, 0.25) is 5.02 Å². The molecule has 2 aromatic carbocycles. The number of rotatable bonds is 7. The Hall–Kier alpha value is -4.09. The summed E-state index contributed by atoms with van der Waals surface area (Å²) < 4.78 is 4.98. The van der Waals surface area contributed by atoms with Gasteiger partial charge in [-0.2, -0.15) is 0 Å². The summed E-state index contributed by atoms with van der Waals surface area (Å²) in [6.07, 6.45) is -0.267. The number of thiophene rings is 1. The Morgan fingerprint density at radius 1 is 1.19 bits per heavy atom. The molecular formula is C24H18ClN3O7S. The summed E-state index contributed by atoms with van der Waals surface area (Å²) in [5.74, 6) is -2.05. The molecule has 0 N–H and O–H groups in total. The number of hydrogen-bond acceptors (Lipinski definition) is 8. The molecule has 0 saturated carbocycles. The topological polar surface area (TPSA) is 127 Å². The first-order valence-electron chi connectivity index (χ1n) is 10.6. The van der Waals surface area contributed by atoms with Crippen LogP contribution in [0.15, 0.2) is 60.0 Å². The average molecular weight is 528 g/mol. The molecule has 10 nitrogen and oxygen atoms in total. The summed E-state index contributed by atoms with van der Waals surface area (Å²) in [6, 6.07) is 11.9. The molecule has 1 unspecified atom stereocenters. The number of hydrogen-bond donors (Lipinski definition) is 0. The first-order chi connectivity index (χ1) is 17.2. The Kier molecular flexibility index (Phi) is 7.13. The van der Waals surface area contributed by atoms with Crippen molar-refractivity contribution in [3.8, 4) is 5.75 Å². The zero-order valence-electron chi connectivity index (χ0n) is 18.8. The molecule has 0 radical (unpaired) electrons. The monoisotopic (exact) mass is 527 g/mol. The van der Waals surface area contributed by atoms with Gasteiger partial charge in [-0.25, -0.2) is 4.90 Å². The zero-order valence-corrected chi connectivity index (χ0v) is 20.3. The maximum atomic E-state index is 13.5. The fourth-order valence-electron chi connectivity index (χ4n) is 3.81. The van der Waals surface area contributed by atoms with E-state index in [-0.39, 0.29) is 35.0 Å². The van der Waals surface area contributed by atoms with Gasteiger partial charge in [-0.05, 0) is 47.8 Å². The second-order valence-electron chi connectivity index (χ2n) is 7.81. The number of benzene rings is 2. The SMILES string of the molecule is CC(=O)Oc1ccc(N2C(=O)CC(N(Cc3cccs3)C(=O)c3ccc(Cl)c([N+](=O)[O-])c3)C2=O)cc1. The van der Waals surface area contributed by atoms with Gasteiger partial charge in [0, 0.05) is 23.4 Å². The third kappa shape index (κ3) is 5.11. The van der Waals surface area contributed by atoms with Crippen molar-refractivity contribution in [2.45, 2.75) is 25.9 Å². The van der Waals surface area contributed by atoms with E-state index < -0.39 is 40.3 Å². The lowest BCUT2D eigenvalue weighted by Crippen LogP contribution is -2.45. The molecule has 0 bridgehead atoms. The standard InChI is InChI=1S/C24H18ClN3O7S/c1-14(29)35-17-7-5-16(6-8-17)27-22(30)12-21(24(27)32)26(13-18-3-2-10-36-18)23(31)15-4-9-19(25)20(11-15)28(33)34/h2-11,21H,12-13H2,1H3. The fraction of sp³-hybridized carbons (Fsp3) is 0.167. The highest BCUT2D eigenvalue weighted by Crippen LogP contribution is 2.31. The van der Waals surface area contributed by atoms with Crippen molar-refractivity contribution >= 4 is 58.0 Å². The number of carbonyl (C=O) groups excluding carboxylic acids is 4. The van der Waals surface area contributed by atoms with Gasteiger partial charge in [-0.15, -0.1) is 11.3 Å². The number of anilines is 1. The number of esters is 1. The number of nitrogens with zero attached hydrogens (tertiary/aromatic N) is 3. The van der Waals surface area contributed by atoms with E-state index in [1.807, 2.05) is 5.38 Å². The molecule has 1 fully saturated rings. The molecule has 2 heterocycles. The number of nitro benzene ring substituents is 1. The van der Waals surface area contributed by atoms with Crippen LogP contribution < -0.4 is 9.64 Å². The lowest BCUT2D eigenvalue weighted by molar-refractivity contribution is -0.384. The maximum Gasteiger partial charge on any atom is 0.308 e. The van der Waals surface area contributed by atoms with Gasteiger partial charge in [-0.3, -0.25) is 29.3 Å². The summed E-state index contributed by atoms with van der Waals surface area (Å²) in [6.45, 7) is 1.27. The number of amides is 3. The maximum absolute atomic E-state index is 13.5. The van der Waals surface area contributed by atoms with Gasteiger partial charge in [0.05, 0.1) is 23.6 Å². The van der Waals surface area contributed by atoms with Gasteiger partial charge in [0.15, 0.2) is 0 Å². The lowest BCUT2D eigenvalue weighted by atomic mass is 10.1. The number of imide groups is 1. The van der Waals surface area contributed by atoms with E-state index in [0.29, 0.717) is 0 Å². The first-order valence-corrected chi connectivity index (χ1v) is 11.8. The molecule has 4 rings (SSSR count). The average Bonchev–Trinajstić information content (AvgIpc) is 3.45. The van der Waals surface area contributed by atoms with E-state index in [0.717, 1.165) is 15.8 Å². The molecule has 3 amide bonds. The summed E-state index contributed by atoms with van der Waals surface area (Å²) in [5.41, 5.74) is -0.219. The van der Waals surface area contributed by atoms with Gasteiger partial charge < -0.3 is 9.64 Å². The minimum Gasteiger partial charge on any atom is -0.427 e. The third-order valence-electron chi connectivity index (χ3n) is 5.41. The Balaban J connectivity index is 1.66. The number of halogens is 1. The highest BCUT2D eigenvalue weighted by atomic mass is 35.5. The molecule has 3 aromatic rings. The van der Waals surface area contributed by atoms with Crippen LogP contribution in [-0.2, 0) is 20.9 Å². The van der Waals surface area contributed by atoms with Crippen LogP contribution in [0.25, 0.3) is 0 Å². The number of carbonyl (C=O) groups is 4. The molecule has 0 aliphatic carbocycles. The van der Waals surface area contributed by atoms with Gasteiger partial charge in [0.2, 0.25) is 5.91 Å². The largest absolute Gasteiger partial charge is 0.427 e. The number of nitro groups is 1. The minimum atomic E-state index is -1.13. The van der Waals surface area contributed by atoms with E-state index in [2.05, 4.69) is 0 Å². The molecule has 0 spiro atoms. The second-order valence-corrected chi connectivity index (χ2v) is 9.25. The van der Waals surface area contributed by atoms with Crippen molar-refractivity contribution < 1.29 is 28.8 Å². The van der Waals surface area contributed by atoms with E-state index in [1.165, 1.54) is 59.6 Å². The molecule has 1 saturated heterocycles. The van der Waals surface area contributed by atoms with Crippen LogP contribution in [0, 0.1) is 10.1 Å². The molecule has 1 atom stereocenters. The summed E-state index contributed by atoms with van der Waals surface area (Å²) >= 11 is 7.25. The molecular weight excluding hydrogens is 510 g/mol. The second kappa shape index (κ2) is 10.3. The van der Waals surface area contributed by atoms with Gasteiger partial charge in [-0.1, -0.05) is 17.7 Å². The predicted molar refractivity (Wildman–Crippen MR) is 131 cm³/mol. The van der Waals surface area contributed by atoms with Gasteiger partial charge in [0.25, 0.3) is 17.5 Å². The Labute approximate surface area is 213 Å². The Morgan fingerprint density at radius 3 is 2.53 bits per heavy atom. The van der Waals surface area contributed by atoms with Crippen molar-refractivity contribution in [1.82, 2.24) is 4.90 Å². The lowest BCUT2D eigenvalue weighted by Gasteiger charge is -2.27. The highest BCUT2D eigenvalue weighted by molar-refractivity contribution is 7.09. The zero-order chi connectivity index (χ0) is 26.0. The summed E-state index contributed by atoms with van der Waals surface area (Å²) in [5, 5.41) is 13.0. The van der Waals surface area contributed by atoms with Crippen molar-refractivity contribution in [3.63, 3.8) is 0 Å². The van der Waals surface area contributed by atoms with Gasteiger partial charge in [0.1, 0.15) is 16.8 Å². The highest BCUT2D eigenvalue weighted by Gasteiger charge is 2.44. The molecule has 184 valence electrons. The van der Waals surface area contributed by atoms with E-state index in [4.69, 9.17) is 16.3 Å².